The van der Waals surface area contributed by atoms with Crippen molar-refractivity contribution >= 4 is 23.1 Å². The molecule has 3 rings (SSSR count). The van der Waals surface area contributed by atoms with Crippen molar-refractivity contribution in [2.24, 2.45) is 0 Å². The van der Waals surface area contributed by atoms with Crippen molar-refractivity contribution in [2.75, 3.05) is 6.54 Å². The molecule has 112 valence electrons. The minimum atomic E-state index is 0.580. The van der Waals surface area contributed by atoms with Crippen LogP contribution >= 0.6 is 23.1 Å². The number of aromatic nitrogens is 2. The molecule has 0 aliphatic heterocycles. The first kappa shape index (κ1) is 15.0. The van der Waals surface area contributed by atoms with Crippen LogP contribution in [0.3, 0.4) is 0 Å². The minimum Gasteiger partial charge on any atom is -0.313 e. The van der Waals surface area contributed by atoms with E-state index in [9.17, 15) is 0 Å². The lowest BCUT2D eigenvalue weighted by atomic mass is 9.81. The number of hydrogen-bond acceptors (Lipinski definition) is 5. The van der Waals surface area contributed by atoms with E-state index >= 15 is 0 Å². The first-order chi connectivity index (χ1) is 10.4. The van der Waals surface area contributed by atoms with Gasteiger partial charge in [0.1, 0.15) is 5.51 Å². The summed E-state index contributed by atoms with van der Waals surface area (Å²) in [6.45, 7) is 3.23. The fourth-order valence-electron chi connectivity index (χ4n) is 3.13. The molecule has 1 aromatic carbocycles. The maximum atomic E-state index is 4.21. The van der Waals surface area contributed by atoms with Crippen LogP contribution in [0.25, 0.3) is 0 Å². The van der Waals surface area contributed by atoms with Gasteiger partial charge in [-0.1, -0.05) is 60.4 Å². The van der Waals surface area contributed by atoms with Gasteiger partial charge in [0.05, 0.1) is 0 Å². The lowest BCUT2D eigenvalue weighted by molar-refractivity contribution is 0.358. The number of nitrogens with one attached hydrogen (secondary N) is 1. The zero-order valence-electron chi connectivity index (χ0n) is 12.2. The van der Waals surface area contributed by atoms with Gasteiger partial charge < -0.3 is 5.32 Å². The van der Waals surface area contributed by atoms with Crippen LogP contribution in [0, 0.1) is 0 Å². The van der Waals surface area contributed by atoms with Crippen molar-refractivity contribution in [1.82, 2.24) is 15.5 Å². The number of hydrogen-bond donors (Lipinski definition) is 1. The largest absolute Gasteiger partial charge is 0.313 e. The molecule has 5 heteroatoms. The summed E-state index contributed by atoms with van der Waals surface area (Å²) in [7, 11) is 0. The predicted octanol–water partition coefficient (Wildman–Crippen LogP) is 3.94. The van der Waals surface area contributed by atoms with Crippen molar-refractivity contribution in [2.45, 2.75) is 47.7 Å². The Balaban J connectivity index is 1.72. The number of nitrogens with zero attached hydrogens (tertiary/aromatic N) is 2. The Kier molecular flexibility index (Phi) is 5.27. The van der Waals surface area contributed by atoms with Crippen LogP contribution in [-0.4, -0.2) is 28.0 Å². The summed E-state index contributed by atoms with van der Waals surface area (Å²) in [5.74, 6) is 0.673. The normalized spacial score (nSPS) is 25.9. The summed E-state index contributed by atoms with van der Waals surface area (Å²) < 4.78 is 1.09. The molecule has 1 fully saturated rings. The van der Waals surface area contributed by atoms with Crippen molar-refractivity contribution < 1.29 is 0 Å². The van der Waals surface area contributed by atoms with Gasteiger partial charge in [0.2, 0.25) is 0 Å². The fraction of sp³-hybridized carbons (Fsp3) is 0.500. The molecule has 3 unspecified atom stereocenters. The van der Waals surface area contributed by atoms with E-state index < -0.39 is 0 Å². The van der Waals surface area contributed by atoms with E-state index in [0.29, 0.717) is 17.2 Å². The molecule has 1 heterocycles. The van der Waals surface area contributed by atoms with Gasteiger partial charge in [-0.15, -0.1) is 10.2 Å². The summed E-state index contributed by atoms with van der Waals surface area (Å²) in [5, 5.41) is 12.4. The molecule has 1 saturated carbocycles. The van der Waals surface area contributed by atoms with Gasteiger partial charge in [-0.25, -0.2) is 0 Å². The van der Waals surface area contributed by atoms with E-state index in [0.717, 1.165) is 10.9 Å². The molecule has 1 aliphatic carbocycles. The summed E-state index contributed by atoms with van der Waals surface area (Å²) in [5.41, 5.74) is 3.30. The smallest absolute Gasteiger partial charge is 0.174 e. The molecule has 21 heavy (non-hydrogen) atoms. The summed E-state index contributed by atoms with van der Waals surface area (Å²) in [4.78, 5) is 0. The van der Waals surface area contributed by atoms with Crippen molar-refractivity contribution in [3.8, 4) is 0 Å². The van der Waals surface area contributed by atoms with Crippen LogP contribution in [0.1, 0.15) is 37.7 Å². The SMILES string of the molecule is CCNC1CCC(c2ccccc2)CC1Sc1nncs1. The average Bonchev–Trinajstić information content (AvgIpc) is 3.03. The van der Waals surface area contributed by atoms with E-state index in [4.69, 9.17) is 0 Å². The lowest BCUT2D eigenvalue weighted by Gasteiger charge is -2.36. The second-order valence-electron chi connectivity index (χ2n) is 5.45. The van der Waals surface area contributed by atoms with Gasteiger partial charge in [0.25, 0.3) is 0 Å². The number of rotatable bonds is 5. The van der Waals surface area contributed by atoms with Crippen molar-refractivity contribution in [3.63, 3.8) is 0 Å². The molecule has 1 aromatic heterocycles. The van der Waals surface area contributed by atoms with E-state index in [1.807, 2.05) is 17.3 Å². The molecule has 3 atom stereocenters. The first-order valence-corrected chi connectivity index (χ1v) is 9.34. The highest BCUT2D eigenvalue weighted by Gasteiger charge is 2.32. The molecule has 0 amide bonds. The Morgan fingerprint density at radius 3 is 2.86 bits per heavy atom. The molecule has 2 aromatic rings. The second-order valence-corrected chi connectivity index (χ2v) is 7.77. The van der Waals surface area contributed by atoms with E-state index in [1.165, 1.54) is 24.8 Å². The lowest BCUT2D eigenvalue weighted by Crippen LogP contribution is -2.42. The minimum absolute atomic E-state index is 0.580. The van der Waals surface area contributed by atoms with Gasteiger partial charge in [-0.3, -0.25) is 0 Å². The third-order valence-corrected chi connectivity index (χ3v) is 6.29. The molecule has 1 N–H and O–H groups in total. The van der Waals surface area contributed by atoms with Gasteiger partial charge in [0, 0.05) is 11.3 Å². The van der Waals surface area contributed by atoms with Crippen molar-refractivity contribution in [1.29, 1.82) is 0 Å². The molecule has 1 aliphatic rings. The van der Waals surface area contributed by atoms with E-state index in [1.54, 1.807) is 11.3 Å². The molecular weight excluding hydrogens is 298 g/mol. The highest BCUT2D eigenvalue weighted by Crippen LogP contribution is 2.41. The van der Waals surface area contributed by atoms with Crippen LogP contribution in [-0.2, 0) is 0 Å². The van der Waals surface area contributed by atoms with Crippen LogP contribution in [0.4, 0.5) is 0 Å². The van der Waals surface area contributed by atoms with Crippen LogP contribution in [0.5, 0.6) is 0 Å². The Hall–Kier alpha value is -0.910. The Morgan fingerprint density at radius 1 is 1.29 bits per heavy atom. The predicted molar refractivity (Wildman–Crippen MR) is 90.1 cm³/mol. The Bertz CT molecular complexity index is 530. The van der Waals surface area contributed by atoms with Gasteiger partial charge >= 0.3 is 0 Å². The molecule has 0 saturated heterocycles. The molecule has 3 nitrogen and oxygen atoms in total. The topological polar surface area (TPSA) is 37.8 Å². The highest BCUT2D eigenvalue weighted by molar-refractivity contribution is 8.01. The molecule has 0 bridgehead atoms. The highest BCUT2D eigenvalue weighted by atomic mass is 32.2. The fourth-order valence-corrected chi connectivity index (χ4v) is 5.21. The number of thioether (sulfide) groups is 1. The van der Waals surface area contributed by atoms with Crippen LogP contribution in [0.2, 0.25) is 0 Å². The molecule has 0 radical (unpaired) electrons. The number of benzene rings is 1. The van der Waals surface area contributed by atoms with Crippen LogP contribution in [0.15, 0.2) is 40.2 Å². The molecule has 0 spiro atoms. The third-order valence-electron chi connectivity index (χ3n) is 4.12. The van der Waals surface area contributed by atoms with Crippen molar-refractivity contribution in [3.05, 3.63) is 41.4 Å². The van der Waals surface area contributed by atoms with E-state index in [2.05, 4.69) is 52.8 Å². The zero-order valence-corrected chi connectivity index (χ0v) is 13.9. The third kappa shape index (κ3) is 3.84. The Morgan fingerprint density at radius 2 is 2.14 bits per heavy atom. The van der Waals surface area contributed by atoms with Crippen LogP contribution < -0.4 is 5.32 Å². The van der Waals surface area contributed by atoms with Gasteiger partial charge in [0.15, 0.2) is 4.34 Å². The zero-order chi connectivity index (χ0) is 14.5. The summed E-state index contributed by atoms with van der Waals surface area (Å²) in [6.07, 6.45) is 3.73. The first-order valence-electron chi connectivity index (χ1n) is 7.58. The summed E-state index contributed by atoms with van der Waals surface area (Å²) in [6, 6.07) is 11.5. The quantitative estimate of drug-likeness (QED) is 0.905. The second kappa shape index (κ2) is 7.38. The molecular formula is C16H21N3S2. The maximum Gasteiger partial charge on any atom is 0.174 e. The van der Waals surface area contributed by atoms with E-state index in [-0.39, 0.29) is 0 Å². The van der Waals surface area contributed by atoms with Gasteiger partial charge in [-0.05, 0) is 37.3 Å². The monoisotopic (exact) mass is 319 g/mol. The average molecular weight is 319 g/mol. The Labute approximate surface area is 134 Å². The van der Waals surface area contributed by atoms with Gasteiger partial charge in [-0.2, -0.15) is 0 Å². The summed E-state index contributed by atoms with van der Waals surface area (Å²) >= 11 is 3.55. The maximum absolute atomic E-state index is 4.21. The standard InChI is InChI=1S/C16H21N3S2/c1-2-17-14-9-8-13(12-6-4-3-5-7-12)10-15(14)21-16-19-18-11-20-16/h3-7,11,13-15,17H,2,8-10H2,1H3.